The summed E-state index contributed by atoms with van der Waals surface area (Å²) in [7, 11) is 2.23. The predicted molar refractivity (Wildman–Crippen MR) is 72.2 cm³/mol. The average Bonchev–Trinajstić information content (AvgIpc) is 2.30. The summed E-state index contributed by atoms with van der Waals surface area (Å²) in [5.74, 6) is 0. The van der Waals surface area contributed by atoms with Gasteiger partial charge in [-0.1, -0.05) is 0 Å². The van der Waals surface area contributed by atoms with Crippen molar-refractivity contribution in [1.29, 1.82) is 0 Å². The van der Waals surface area contributed by atoms with E-state index in [1.165, 1.54) is 52.1 Å². The van der Waals surface area contributed by atoms with Crippen molar-refractivity contribution in [2.24, 2.45) is 5.73 Å². The normalized spacial score (nSPS) is 28.4. The van der Waals surface area contributed by atoms with Crippen LogP contribution < -0.4 is 5.73 Å². The lowest BCUT2D eigenvalue weighted by molar-refractivity contribution is 0.0631. The summed E-state index contributed by atoms with van der Waals surface area (Å²) >= 11 is 0. The second-order valence-electron chi connectivity index (χ2n) is 5.85. The minimum Gasteiger partial charge on any atom is -0.327 e. The molecule has 100 valence electrons. The van der Waals surface area contributed by atoms with E-state index in [0.717, 1.165) is 12.6 Å². The molecule has 0 aromatic carbocycles. The molecule has 2 rings (SSSR count). The van der Waals surface area contributed by atoms with Crippen molar-refractivity contribution in [3.8, 4) is 0 Å². The predicted octanol–water partition coefficient (Wildman–Crippen LogP) is 0.0454. The fraction of sp³-hybridized carbons (Fsp3) is 1.00. The smallest absolute Gasteiger partial charge is 0.0139 e. The summed E-state index contributed by atoms with van der Waals surface area (Å²) in [5, 5.41) is 0. The summed E-state index contributed by atoms with van der Waals surface area (Å²) in [6, 6.07) is 1.15. The van der Waals surface area contributed by atoms with Crippen molar-refractivity contribution in [2.45, 2.75) is 31.8 Å². The summed E-state index contributed by atoms with van der Waals surface area (Å²) < 4.78 is 0. The van der Waals surface area contributed by atoms with Gasteiger partial charge in [-0.15, -0.1) is 0 Å². The number of rotatable bonds is 3. The van der Waals surface area contributed by atoms with E-state index in [4.69, 9.17) is 5.73 Å². The monoisotopic (exact) mass is 240 g/mol. The van der Waals surface area contributed by atoms with E-state index >= 15 is 0 Å². The highest BCUT2D eigenvalue weighted by Gasteiger charge is 2.26. The van der Waals surface area contributed by atoms with Crippen LogP contribution in [0.25, 0.3) is 0 Å². The second kappa shape index (κ2) is 6.14. The first-order chi connectivity index (χ1) is 8.15. The Balaban J connectivity index is 1.71. The largest absolute Gasteiger partial charge is 0.327 e. The second-order valence-corrected chi connectivity index (χ2v) is 5.85. The van der Waals surface area contributed by atoms with Gasteiger partial charge in [-0.05, 0) is 39.9 Å². The highest BCUT2D eigenvalue weighted by molar-refractivity contribution is 4.83. The zero-order valence-corrected chi connectivity index (χ0v) is 11.4. The molecule has 0 radical (unpaired) electrons. The topological polar surface area (TPSA) is 35.7 Å². The molecule has 4 heteroatoms. The quantitative estimate of drug-likeness (QED) is 0.756. The van der Waals surface area contributed by atoms with Crippen molar-refractivity contribution in [1.82, 2.24) is 14.7 Å². The van der Waals surface area contributed by atoms with Crippen LogP contribution in [0, 0.1) is 0 Å². The van der Waals surface area contributed by atoms with Gasteiger partial charge in [-0.3, -0.25) is 9.80 Å². The average molecular weight is 240 g/mol. The molecular formula is C13H28N4. The van der Waals surface area contributed by atoms with E-state index in [1.807, 2.05) is 0 Å². The van der Waals surface area contributed by atoms with Crippen LogP contribution in [0.5, 0.6) is 0 Å². The third-order valence-electron chi connectivity index (χ3n) is 4.16. The molecule has 0 aliphatic carbocycles. The zero-order valence-electron chi connectivity index (χ0n) is 11.4. The Labute approximate surface area is 106 Å². The van der Waals surface area contributed by atoms with Crippen molar-refractivity contribution >= 4 is 0 Å². The van der Waals surface area contributed by atoms with Crippen molar-refractivity contribution < 1.29 is 0 Å². The third-order valence-corrected chi connectivity index (χ3v) is 4.16. The first-order valence-corrected chi connectivity index (χ1v) is 7.05. The standard InChI is InChI=1S/C13H28N4/c1-12(14)11-16-7-9-17(10-8-16)13-3-5-15(2)6-4-13/h12-13H,3-11,14H2,1-2H3/t12-/m0/s1. The van der Waals surface area contributed by atoms with Crippen LogP contribution in [0.15, 0.2) is 0 Å². The minimum absolute atomic E-state index is 0.310. The van der Waals surface area contributed by atoms with Crippen LogP contribution in [0.1, 0.15) is 19.8 Å². The van der Waals surface area contributed by atoms with Crippen LogP contribution in [0.3, 0.4) is 0 Å². The van der Waals surface area contributed by atoms with E-state index < -0.39 is 0 Å². The Morgan fingerprint density at radius 2 is 1.65 bits per heavy atom. The lowest BCUT2D eigenvalue weighted by Gasteiger charge is -2.42. The Morgan fingerprint density at radius 1 is 1.06 bits per heavy atom. The lowest BCUT2D eigenvalue weighted by atomic mass is 10.0. The molecule has 0 aromatic rings. The van der Waals surface area contributed by atoms with Crippen molar-refractivity contribution in [3.63, 3.8) is 0 Å². The van der Waals surface area contributed by atoms with Gasteiger partial charge in [-0.2, -0.15) is 0 Å². The molecule has 2 saturated heterocycles. The van der Waals surface area contributed by atoms with E-state index in [9.17, 15) is 0 Å². The molecule has 2 heterocycles. The molecule has 2 fully saturated rings. The van der Waals surface area contributed by atoms with Gasteiger partial charge < -0.3 is 10.6 Å². The van der Waals surface area contributed by atoms with Gasteiger partial charge in [0, 0.05) is 44.8 Å². The van der Waals surface area contributed by atoms with Gasteiger partial charge in [0.05, 0.1) is 0 Å². The number of hydrogen-bond donors (Lipinski definition) is 1. The van der Waals surface area contributed by atoms with Crippen molar-refractivity contribution in [3.05, 3.63) is 0 Å². The first-order valence-electron chi connectivity index (χ1n) is 7.05. The van der Waals surface area contributed by atoms with Crippen LogP contribution in [-0.2, 0) is 0 Å². The maximum absolute atomic E-state index is 5.86. The molecule has 2 N–H and O–H groups in total. The first kappa shape index (κ1) is 13.3. The van der Waals surface area contributed by atoms with Gasteiger partial charge >= 0.3 is 0 Å². The SMILES string of the molecule is C[C@H](N)CN1CCN(C2CCN(C)CC2)CC1. The molecule has 0 aromatic heterocycles. The zero-order chi connectivity index (χ0) is 12.3. The highest BCUT2D eigenvalue weighted by Crippen LogP contribution is 2.17. The molecule has 0 amide bonds. The Morgan fingerprint density at radius 3 is 2.18 bits per heavy atom. The number of hydrogen-bond acceptors (Lipinski definition) is 4. The molecular weight excluding hydrogens is 212 g/mol. The third kappa shape index (κ3) is 3.91. The van der Waals surface area contributed by atoms with Crippen LogP contribution in [-0.4, -0.2) is 79.6 Å². The molecule has 0 spiro atoms. The molecule has 2 aliphatic rings. The summed E-state index contributed by atoms with van der Waals surface area (Å²) in [6.45, 7) is 10.6. The molecule has 2 aliphatic heterocycles. The summed E-state index contributed by atoms with van der Waals surface area (Å²) in [6.07, 6.45) is 2.70. The molecule has 1 atom stereocenters. The molecule has 4 nitrogen and oxygen atoms in total. The Bertz CT molecular complexity index is 215. The summed E-state index contributed by atoms with van der Waals surface area (Å²) in [4.78, 5) is 7.66. The van der Waals surface area contributed by atoms with Gasteiger partial charge in [0.15, 0.2) is 0 Å². The van der Waals surface area contributed by atoms with Gasteiger partial charge in [0.2, 0.25) is 0 Å². The molecule has 0 bridgehead atoms. The summed E-state index contributed by atoms with van der Waals surface area (Å²) in [5.41, 5.74) is 5.86. The number of likely N-dealkylation sites (tertiary alicyclic amines) is 1. The number of piperidine rings is 1. The molecule has 0 unspecified atom stereocenters. The fourth-order valence-electron chi connectivity index (χ4n) is 3.08. The molecule has 0 saturated carbocycles. The maximum atomic E-state index is 5.86. The van der Waals surface area contributed by atoms with E-state index in [1.54, 1.807) is 0 Å². The fourth-order valence-corrected chi connectivity index (χ4v) is 3.08. The lowest BCUT2D eigenvalue weighted by Crippen LogP contribution is -2.54. The number of piperazine rings is 1. The molecule has 17 heavy (non-hydrogen) atoms. The van der Waals surface area contributed by atoms with Crippen LogP contribution >= 0.6 is 0 Å². The van der Waals surface area contributed by atoms with Crippen LogP contribution in [0.4, 0.5) is 0 Å². The van der Waals surface area contributed by atoms with E-state index in [2.05, 4.69) is 28.7 Å². The van der Waals surface area contributed by atoms with E-state index in [-0.39, 0.29) is 0 Å². The number of nitrogens with zero attached hydrogens (tertiary/aromatic N) is 3. The van der Waals surface area contributed by atoms with E-state index in [0.29, 0.717) is 6.04 Å². The van der Waals surface area contributed by atoms with Gasteiger partial charge in [0.1, 0.15) is 0 Å². The minimum atomic E-state index is 0.310. The number of nitrogens with two attached hydrogens (primary N) is 1. The van der Waals surface area contributed by atoms with Crippen LogP contribution in [0.2, 0.25) is 0 Å². The van der Waals surface area contributed by atoms with Crippen molar-refractivity contribution in [2.75, 3.05) is 52.9 Å². The van der Waals surface area contributed by atoms with Gasteiger partial charge in [-0.25, -0.2) is 0 Å². The Kier molecular flexibility index (Phi) is 4.79. The highest BCUT2D eigenvalue weighted by atomic mass is 15.3. The van der Waals surface area contributed by atoms with Gasteiger partial charge in [0.25, 0.3) is 0 Å². The Hall–Kier alpha value is -0.160. The maximum Gasteiger partial charge on any atom is 0.0139 e.